The molecule has 0 rings (SSSR count). The van der Waals surface area contributed by atoms with Crippen LogP contribution in [-0.2, 0) is 4.79 Å². The molecule has 0 aromatic heterocycles. The number of carboxylic acid groups (broad SMARTS) is 1. The topological polar surface area (TPSA) is 69.6 Å². The summed E-state index contributed by atoms with van der Waals surface area (Å²) in [5, 5.41) is 20.2. The highest BCUT2D eigenvalue weighted by atomic mass is 16.4. The lowest BCUT2D eigenvalue weighted by Gasteiger charge is -2.15. The summed E-state index contributed by atoms with van der Waals surface area (Å²) in [5.41, 5.74) is 0. The summed E-state index contributed by atoms with van der Waals surface area (Å²) in [4.78, 5) is 10.7. The summed E-state index contributed by atoms with van der Waals surface area (Å²) in [6.45, 7) is 4.63. The molecule has 0 saturated heterocycles. The van der Waals surface area contributed by atoms with Gasteiger partial charge in [-0.15, -0.1) is 0 Å². The molecule has 1 unspecified atom stereocenters. The molecule has 0 radical (unpaired) electrons. The van der Waals surface area contributed by atoms with E-state index in [-0.39, 0.29) is 6.61 Å². The number of hydrogen-bond donors (Lipinski definition) is 3. The van der Waals surface area contributed by atoms with E-state index in [1.165, 1.54) is 0 Å². The van der Waals surface area contributed by atoms with Crippen LogP contribution in [0.1, 0.15) is 26.7 Å². The van der Waals surface area contributed by atoms with E-state index in [1.54, 1.807) is 0 Å². The van der Waals surface area contributed by atoms with Crippen LogP contribution in [0.25, 0.3) is 0 Å². The van der Waals surface area contributed by atoms with E-state index in [2.05, 4.69) is 5.32 Å². The molecule has 4 nitrogen and oxygen atoms in total. The van der Waals surface area contributed by atoms with Gasteiger partial charge in [-0.05, 0) is 25.3 Å². The highest BCUT2D eigenvalue weighted by Crippen LogP contribution is 2.04. The SMILES string of the molecule is CC(C)CC(NCCCO)C(=O)O. The summed E-state index contributed by atoms with van der Waals surface area (Å²) in [6, 6.07) is -0.480. The normalized spacial score (nSPS) is 13.2. The minimum atomic E-state index is -0.813. The number of aliphatic carboxylic acids is 1. The smallest absolute Gasteiger partial charge is 0.320 e. The molecule has 0 fully saturated rings. The average Bonchev–Trinajstić information content (AvgIpc) is 2.02. The number of hydrogen-bond acceptors (Lipinski definition) is 3. The Hall–Kier alpha value is -0.610. The molecule has 78 valence electrons. The maximum absolute atomic E-state index is 10.7. The Labute approximate surface area is 79.0 Å². The lowest BCUT2D eigenvalue weighted by Crippen LogP contribution is -2.38. The highest BCUT2D eigenvalue weighted by Gasteiger charge is 2.17. The molecular weight excluding hydrogens is 170 g/mol. The zero-order chi connectivity index (χ0) is 10.3. The van der Waals surface area contributed by atoms with Gasteiger partial charge in [0, 0.05) is 6.61 Å². The molecule has 0 saturated carbocycles. The summed E-state index contributed by atoms with van der Waals surface area (Å²) < 4.78 is 0. The zero-order valence-electron chi connectivity index (χ0n) is 8.29. The molecule has 1 atom stereocenters. The molecule has 0 aliphatic carbocycles. The molecule has 0 aromatic rings. The first-order valence-electron chi connectivity index (χ1n) is 4.65. The van der Waals surface area contributed by atoms with Crippen LogP contribution in [0.4, 0.5) is 0 Å². The van der Waals surface area contributed by atoms with Crippen molar-refractivity contribution in [3.8, 4) is 0 Å². The van der Waals surface area contributed by atoms with Crippen LogP contribution in [-0.4, -0.2) is 35.4 Å². The van der Waals surface area contributed by atoms with E-state index in [0.29, 0.717) is 25.3 Å². The Morgan fingerprint density at radius 2 is 2.08 bits per heavy atom. The number of rotatable bonds is 7. The number of nitrogens with one attached hydrogen (secondary N) is 1. The molecular formula is C9H19NO3. The van der Waals surface area contributed by atoms with Gasteiger partial charge in [-0.25, -0.2) is 0 Å². The van der Waals surface area contributed by atoms with Crippen molar-refractivity contribution >= 4 is 5.97 Å². The summed E-state index contributed by atoms with van der Waals surface area (Å²) in [5.74, 6) is -0.450. The summed E-state index contributed by atoms with van der Waals surface area (Å²) in [6.07, 6.45) is 1.22. The van der Waals surface area contributed by atoms with Gasteiger partial charge in [0.25, 0.3) is 0 Å². The average molecular weight is 189 g/mol. The van der Waals surface area contributed by atoms with Crippen LogP contribution in [0.5, 0.6) is 0 Å². The van der Waals surface area contributed by atoms with Crippen molar-refractivity contribution in [1.82, 2.24) is 5.32 Å². The Kier molecular flexibility index (Phi) is 6.54. The lowest BCUT2D eigenvalue weighted by atomic mass is 10.0. The van der Waals surface area contributed by atoms with Gasteiger partial charge in [-0.3, -0.25) is 4.79 Å². The zero-order valence-corrected chi connectivity index (χ0v) is 8.29. The maximum atomic E-state index is 10.7. The van der Waals surface area contributed by atoms with Crippen LogP contribution >= 0.6 is 0 Å². The van der Waals surface area contributed by atoms with Crippen LogP contribution in [0.15, 0.2) is 0 Å². The molecule has 0 heterocycles. The predicted molar refractivity (Wildman–Crippen MR) is 50.6 cm³/mol. The highest BCUT2D eigenvalue weighted by molar-refractivity contribution is 5.73. The fourth-order valence-electron chi connectivity index (χ4n) is 1.10. The molecule has 0 aliphatic rings. The molecule has 0 amide bonds. The third-order valence-corrected chi connectivity index (χ3v) is 1.73. The van der Waals surface area contributed by atoms with Crippen LogP contribution in [0.3, 0.4) is 0 Å². The molecule has 0 bridgehead atoms. The first kappa shape index (κ1) is 12.4. The molecule has 3 N–H and O–H groups in total. The quantitative estimate of drug-likeness (QED) is 0.509. The molecule has 4 heteroatoms. The summed E-state index contributed by atoms with van der Waals surface area (Å²) >= 11 is 0. The van der Waals surface area contributed by atoms with Crippen LogP contribution in [0, 0.1) is 5.92 Å². The van der Waals surface area contributed by atoms with Crippen LogP contribution in [0.2, 0.25) is 0 Å². The third-order valence-electron chi connectivity index (χ3n) is 1.73. The van der Waals surface area contributed by atoms with E-state index >= 15 is 0 Å². The van der Waals surface area contributed by atoms with Gasteiger partial charge < -0.3 is 15.5 Å². The first-order valence-corrected chi connectivity index (χ1v) is 4.65. The minimum Gasteiger partial charge on any atom is -0.480 e. The van der Waals surface area contributed by atoms with Crippen molar-refractivity contribution in [2.75, 3.05) is 13.2 Å². The van der Waals surface area contributed by atoms with E-state index in [4.69, 9.17) is 10.2 Å². The van der Waals surface area contributed by atoms with Gasteiger partial charge in [0.2, 0.25) is 0 Å². The minimum absolute atomic E-state index is 0.0982. The molecule has 0 aliphatic heterocycles. The Morgan fingerprint density at radius 3 is 2.46 bits per heavy atom. The van der Waals surface area contributed by atoms with E-state index in [9.17, 15) is 4.79 Å². The number of carbonyl (C=O) groups is 1. The second-order valence-electron chi connectivity index (χ2n) is 3.55. The number of aliphatic hydroxyl groups excluding tert-OH is 1. The van der Waals surface area contributed by atoms with Crippen molar-refractivity contribution in [3.63, 3.8) is 0 Å². The largest absolute Gasteiger partial charge is 0.480 e. The first-order chi connectivity index (χ1) is 6.07. The standard InChI is InChI=1S/C9H19NO3/c1-7(2)6-8(9(12)13)10-4-3-5-11/h7-8,10-11H,3-6H2,1-2H3,(H,12,13). The van der Waals surface area contributed by atoms with Gasteiger partial charge in [0.1, 0.15) is 6.04 Å². The lowest BCUT2D eigenvalue weighted by molar-refractivity contribution is -0.139. The predicted octanol–water partition coefficient (Wildman–Crippen LogP) is 0.458. The fraction of sp³-hybridized carbons (Fsp3) is 0.889. The second-order valence-corrected chi connectivity index (χ2v) is 3.55. The fourth-order valence-corrected chi connectivity index (χ4v) is 1.10. The van der Waals surface area contributed by atoms with Gasteiger partial charge in [-0.1, -0.05) is 13.8 Å². The van der Waals surface area contributed by atoms with E-state index in [0.717, 1.165) is 0 Å². The second kappa shape index (κ2) is 6.86. The Morgan fingerprint density at radius 1 is 1.46 bits per heavy atom. The van der Waals surface area contributed by atoms with Crippen molar-refractivity contribution in [3.05, 3.63) is 0 Å². The monoisotopic (exact) mass is 189 g/mol. The van der Waals surface area contributed by atoms with Crippen molar-refractivity contribution in [2.45, 2.75) is 32.7 Å². The molecule has 0 spiro atoms. The molecule has 0 aromatic carbocycles. The van der Waals surface area contributed by atoms with E-state index in [1.807, 2.05) is 13.8 Å². The Bertz CT molecular complexity index is 148. The summed E-state index contributed by atoms with van der Waals surface area (Å²) in [7, 11) is 0. The molecule has 13 heavy (non-hydrogen) atoms. The third kappa shape index (κ3) is 6.54. The van der Waals surface area contributed by atoms with Gasteiger partial charge in [0.05, 0.1) is 0 Å². The van der Waals surface area contributed by atoms with Gasteiger partial charge in [0.15, 0.2) is 0 Å². The van der Waals surface area contributed by atoms with Crippen molar-refractivity contribution < 1.29 is 15.0 Å². The van der Waals surface area contributed by atoms with Crippen molar-refractivity contribution in [2.24, 2.45) is 5.92 Å². The number of carboxylic acids is 1. The van der Waals surface area contributed by atoms with E-state index < -0.39 is 12.0 Å². The van der Waals surface area contributed by atoms with Crippen molar-refractivity contribution in [1.29, 1.82) is 0 Å². The maximum Gasteiger partial charge on any atom is 0.320 e. The van der Waals surface area contributed by atoms with Crippen LogP contribution < -0.4 is 5.32 Å². The van der Waals surface area contributed by atoms with Gasteiger partial charge in [-0.2, -0.15) is 0 Å². The number of aliphatic hydroxyl groups is 1. The van der Waals surface area contributed by atoms with Gasteiger partial charge >= 0.3 is 5.97 Å². The Balaban J connectivity index is 3.74.